The van der Waals surface area contributed by atoms with Crippen molar-refractivity contribution in [2.24, 2.45) is 0 Å². The molecule has 1 amide bonds. The lowest BCUT2D eigenvalue weighted by Crippen LogP contribution is -2.30. The van der Waals surface area contributed by atoms with Gasteiger partial charge in [-0.2, -0.15) is 0 Å². The average Bonchev–Trinajstić information content (AvgIpc) is 3.31. The number of aromatic nitrogens is 1. The molecular weight excluding hydrogens is 424 g/mol. The monoisotopic (exact) mass is 440 g/mol. The maximum absolute atomic E-state index is 12.6. The second-order valence-corrected chi connectivity index (χ2v) is 8.94. The van der Waals surface area contributed by atoms with Crippen LogP contribution in [0.25, 0.3) is 17.3 Å². The van der Waals surface area contributed by atoms with E-state index in [1.165, 1.54) is 33.6 Å². The molecule has 0 radical (unpaired) electrons. The van der Waals surface area contributed by atoms with Crippen LogP contribution in [0.1, 0.15) is 20.9 Å². The average molecular weight is 441 g/mol. The predicted molar refractivity (Wildman–Crippen MR) is 120 cm³/mol. The predicted octanol–water partition coefficient (Wildman–Crippen LogP) is 5.53. The number of hydrogen-bond donors (Lipinski definition) is 0. The Hall–Kier alpha value is -2.41. The zero-order valence-electron chi connectivity index (χ0n) is 15.6. The van der Waals surface area contributed by atoms with E-state index >= 15 is 0 Å². The van der Waals surface area contributed by atoms with Crippen LogP contribution in [0.4, 0.5) is 0 Å². The number of carbonyl (C=O) groups is 2. The molecule has 0 atom stereocenters. The smallest absolute Gasteiger partial charge is 0.238 e. The number of rotatable bonds is 5. The molecule has 0 aliphatic carbocycles. The number of halogens is 1. The largest absolute Gasteiger partial charge is 0.298 e. The van der Waals surface area contributed by atoms with Crippen LogP contribution in [-0.2, 0) is 4.79 Å². The van der Waals surface area contributed by atoms with E-state index in [-0.39, 0.29) is 18.2 Å². The molecule has 7 heteroatoms. The fourth-order valence-electron chi connectivity index (χ4n) is 2.89. The van der Waals surface area contributed by atoms with Crippen LogP contribution in [0.2, 0.25) is 5.02 Å². The van der Waals surface area contributed by atoms with Crippen LogP contribution in [0.15, 0.2) is 58.9 Å². The molecule has 1 aliphatic rings. The van der Waals surface area contributed by atoms with Gasteiger partial charge in [0.05, 0.1) is 23.0 Å². The van der Waals surface area contributed by atoms with Gasteiger partial charge in [0.1, 0.15) is 5.01 Å². The van der Waals surface area contributed by atoms with Crippen LogP contribution in [0.3, 0.4) is 0 Å². The summed E-state index contributed by atoms with van der Waals surface area (Å²) >= 11 is 8.83. The summed E-state index contributed by atoms with van der Waals surface area (Å²) in [5, 5.41) is 4.13. The second kappa shape index (κ2) is 8.53. The number of thiazole rings is 1. The van der Waals surface area contributed by atoms with E-state index in [2.05, 4.69) is 24.0 Å². The first-order valence-corrected chi connectivity index (χ1v) is 11.2. The molecule has 1 saturated heterocycles. The third kappa shape index (κ3) is 4.61. The Kier molecular flexibility index (Phi) is 5.85. The summed E-state index contributed by atoms with van der Waals surface area (Å²) < 4.78 is 0. The van der Waals surface area contributed by atoms with E-state index in [1.54, 1.807) is 24.3 Å². The van der Waals surface area contributed by atoms with Crippen molar-refractivity contribution in [3.05, 3.63) is 80.1 Å². The van der Waals surface area contributed by atoms with Gasteiger partial charge in [0.25, 0.3) is 0 Å². The van der Waals surface area contributed by atoms with Crippen LogP contribution >= 0.6 is 34.7 Å². The molecule has 2 aromatic carbocycles. The first-order valence-electron chi connectivity index (χ1n) is 8.96. The minimum absolute atomic E-state index is 0.00942. The first-order chi connectivity index (χ1) is 14.0. The van der Waals surface area contributed by atoms with Crippen LogP contribution in [0, 0.1) is 6.92 Å². The van der Waals surface area contributed by atoms with E-state index in [0.717, 1.165) is 21.3 Å². The summed E-state index contributed by atoms with van der Waals surface area (Å²) in [6.07, 6.45) is 1.88. The van der Waals surface area contributed by atoms with Crippen LogP contribution in [0.5, 0.6) is 0 Å². The van der Waals surface area contributed by atoms with Crippen molar-refractivity contribution in [1.29, 1.82) is 0 Å². The number of aryl methyl sites for hydroxylation is 1. The van der Waals surface area contributed by atoms with Crippen molar-refractivity contribution in [3.8, 4) is 11.3 Å². The zero-order chi connectivity index (χ0) is 20.4. The van der Waals surface area contributed by atoms with E-state index in [4.69, 9.17) is 11.6 Å². The molecule has 0 N–H and O–H groups in total. The van der Waals surface area contributed by atoms with Crippen molar-refractivity contribution >= 4 is 52.5 Å². The molecule has 0 saturated carbocycles. The molecule has 146 valence electrons. The minimum atomic E-state index is -0.122. The normalized spacial score (nSPS) is 15.3. The number of nitrogens with zero attached hydrogens (tertiary/aromatic N) is 2. The van der Waals surface area contributed by atoms with Gasteiger partial charge < -0.3 is 0 Å². The highest BCUT2D eigenvalue weighted by Gasteiger charge is 2.29. The van der Waals surface area contributed by atoms with E-state index in [0.29, 0.717) is 16.3 Å². The highest BCUT2D eigenvalue weighted by molar-refractivity contribution is 8.04. The van der Waals surface area contributed by atoms with Crippen molar-refractivity contribution in [1.82, 2.24) is 9.88 Å². The summed E-state index contributed by atoms with van der Waals surface area (Å²) in [5.41, 5.74) is 3.70. The molecule has 0 unspecified atom stereocenters. The molecule has 2 heterocycles. The third-order valence-corrected chi connectivity index (χ3v) is 6.56. The van der Waals surface area contributed by atoms with Crippen LogP contribution < -0.4 is 0 Å². The number of ketones is 1. The van der Waals surface area contributed by atoms with Gasteiger partial charge in [-0.15, -0.1) is 11.3 Å². The molecule has 1 aromatic heterocycles. The summed E-state index contributed by atoms with van der Waals surface area (Å²) in [4.78, 5) is 31.1. The van der Waals surface area contributed by atoms with E-state index in [9.17, 15) is 9.59 Å². The molecule has 4 rings (SSSR count). The van der Waals surface area contributed by atoms with Crippen LogP contribution in [-0.4, -0.2) is 33.9 Å². The Morgan fingerprint density at radius 2 is 1.90 bits per heavy atom. The number of amides is 1. The SMILES string of the molecule is Cc1ccc(-c2csc(C=C3SCC(=O)N3CC(=O)c3ccc(Cl)cc3)n2)cc1. The molecule has 1 fully saturated rings. The van der Waals surface area contributed by atoms with Gasteiger partial charge >= 0.3 is 0 Å². The molecule has 29 heavy (non-hydrogen) atoms. The maximum Gasteiger partial charge on any atom is 0.238 e. The Labute approximate surface area is 182 Å². The van der Waals surface area contributed by atoms with Gasteiger partial charge in [-0.05, 0) is 31.2 Å². The summed E-state index contributed by atoms with van der Waals surface area (Å²) in [7, 11) is 0. The molecule has 3 aromatic rings. The Morgan fingerprint density at radius 1 is 1.17 bits per heavy atom. The molecule has 1 aliphatic heterocycles. The number of hydrogen-bond acceptors (Lipinski definition) is 5. The van der Waals surface area contributed by atoms with Gasteiger partial charge in [-0.25, -0.2) is 4.98 Å². The molecule has 4 nitrogen and oxygen atoms in total. The highest BCUT2D eigenvalue weighted by Crippen LogP contribution is 2.32. The van der Waals surface area contributed by atoms with Gasteiger partial charge in [0.15, 0.2) is 5.78 Å². The van der Waals surface area contributed by atoms with Crippen molar-refractivity contribution in [2.75, 3.05) is 12.3 Å². The minimum Gasteiger partial charge on any atom is -0.298 e. The number of benzene rings is 2. The number of thioether (sulfide) groups is 1. The van der Waals surface area contributed by atoms with Gasteiger partial charge in [0.2, 0.25) is 5.91 Å². The summed E-state index contributed by atoms with van der Waals surface area (Å²) in [6.45, 7) is 2.06. The van der Waals surface area contributed by atoms with Crippen molar-refractivity contribution < 1.29 is 9.59 Å². The Morgan fingerprint density at radius 3 is 2.62 bits per heavy atom. The zero-order valence-corrected chi connectivity index (χ0v) is 18.0. The first kappa shape index (κ1) is 19.9. The second-order valence-electron chi connectivity index (χ2n) is 6.62. The lowest BCUT2D eigenvalue weighted by Gasteiger charge is -2.16. The quantitative estimate of drug-likeness (QED) is 0.489. The Balaban J connectivity index is 1.53. The number of carbonyl (C=O) groups excluding carboxylic acids is 2. The van der Waals surface area contributed by atoms with Crippen molar-refractivity contribution in [2.45, 2.75) is 6.92 Å². The van der Waals surface area contributed by atoms with Gasteiger partial charge in [-0.3, -0.25) is 14.5 Å². The lowest BCUT2D eigenvalue weighted by molar-refractivity contribution is -0.125. The van der Waals surface area contributed by atoms with Crippen molar-refractivity contribution in [3.63, 3.8) is 0 Å². The fourth-order valence-corrected chi connectivity index (χ4v) is 4.78. The fraction of sp³-hybridized carbons (Fsp3) is 0.136. The molecular formula is C22H17ClN2O2S2. The lowest BCUT2D eigenvalue weighted by atomic mass is 10.1. The van der Waals surface area contributed by atoms with Gasteiger partial charge in [-0.1, -0.05) is 53.2 Å². The van der Waals surface area contributed by atoms with Gasteiger partial charge in [0, 0.05) is 27.6 Å². The highest BCUT2D eigenvalue weighted by atomic mass is 35.5. The molecule has 0 spiro atoms. The number of Topliss-reactive ketones (excluding diaryl/α,β-unsaturated/α-hetero) is 1. The molecule has 0 bridgehead atoms. The summed E-state index contributed by atoms with van der Waals surface area (Å²) in [6, 6.07) is 14.9. The maximum atomic E-state index is 12.6. The standard InChI is InChI=1S/C22H17ClN2O2S2/c1-14-2-4-15(5-3-14)18-12-28-20(24-18)10-22-25(21(27)13-29-22)11-19(26)16-6-8-17(23)9-7-16/h2-10,12H,11,13H2,1H3. The summed E-state index contributed by atoms with van der Waals surface area (Å²) in [5.74, 6) is 0.136. The topological polar surface area (TPSA) is 50.3 Å². The Bertz CT molecular complexity index is 1090. The third-order valence-electron chi connectivity index (χ3n) is 4.49. The van der Waals surface area contributed by atoms with E-state index < -0.39 is 0 Å². The van der Waals surface area contributed by atoms with E-state index in [1.807, 2.05) is 23.6 Å².